The van der Waals surface area contributed by atoms with Gasteiger partial charge in [-0.1, -0.05) is 57.5 Å². The van der Waals surface area contributed by atoms with Crippen molar-refractivity contribution in [1.82, 2.24) is 10.2 Å². The van der Waals surface area contributed by atoms with Crippen molar-refractivity contribution in [2.24, 2.45) is 11.1 Å². The summed E-state index contributed by atoms with van der Waals surface area (Å²) in [5, 5.41) is 12.0. The number of terminal acetylenes is 1. The van der Waals surface area contributed by atoms with Gasteiger partial charge in [0.15, 0.2) is 0 Å². The van der Waals surface area contributed by atoms with Gasteiger partial charge in [0.05, 0.1) is 12.1 Å². The van der Waals surface area contributed by atoms with Crippen molar-refractivity contribution >= 4 is 29.0 Å². The highest BCUT2D eigenvalue weighted by atomic mass is 32.2. The second kappa shape index (κ2) is 16.4. The van der Waals surface area contributed by atoms with Crippen molar-refractivity contribution in [3.63, 3.8) is 0 Å². The first kappa shape index (κ1) is 31.7. The predicted octanol–water partition coefficient (Wildman–Crippen LogP) is 4.03. The van der Waals surface area contributed by atoms with Crippen LogP contribution in [0.4, 0.5) is 0 Å². The minimum atomic E-state index is -0.479. The molecule has 7 heteroatoms. The molecule has 190 valence electrons. The zero-order valence-corrected chi connectivity index (χ0v) is 22.7. The number of likely N-dealkylation sites (tertiary alicyclic amines) is 1. The van der Waals surface area contributed by atoms with Gasteiger partial charge in [-0.15, -0.1) is 24.1 Å². The van der Waals surface area contributed by atoms with Crippen molar-refractivity contribution in [1.29, 1.82) is 0 Å². The molecule has 6 nitrogen and oxygen atoms in total. The number of aliphatic hydroxyl groups excluding tert-OH is 1. The number of rotatable bonds is 6. The van der Waals surface area contributed by atoms with E-state index in [1.807, 2.05) is 39.8 Å². The highest BCUT2D eigenvalue weighted by molar-refractivity contribution is 8.07. The third-order valence-electron chi connectivity index (χ3n) is 5.14. The number of nitrogens with one attached hydrogen (secondary N) is 1. The molecule has 0 spiro atoms. The van der Waals surface area contributed by atoms with Crippen LogP contribution in [-0.2, 0) is 16.1 Å². The summed E-state index contributed by atoms with van der Waals surface area (Å²) in [7, 11) is 0. The fourth-order valence-corrected chi connectivity index (χ4v) is 3.83. The highest BCUT2D eigenvalue weighted by Gasteiger charge is 2.34. The quantitative estimate of drug-likeness (QED) is 0.414. The van der Waals surface area contributed by atoms with E-state index >= 15 is 0 Å². The van der Waals surface area contributed by atoms with Crippen LogP contribution in [0.1, 0.15) is 65.5 Å². The zero-order valence-electron chi connectivity index (χ0n) is 21.9. The summed E-state index contributed by atoms with van der Waals surface area (Å²) in [4.78, 5) is 25.0. The summed E-state index contributed by atoms with van der Waals surface area (Å²) >= 11 is 1.76. The first-order valence-electron chi connectivity index (χ1n) is 11.6. The Hall–Kier alpha value is -2.27. The topological polar surface area (TPSA) is 95.7 Å². The number of hydrogen-bond donors (Lipinski definition) is 3. The molecule has 0 bridgehead atoms. The van der Waals surface area contributed by atoms with Gasteiger partial charge < -0.3 is 21.1 Å². The molecule has 4 N–H and O–H groups in total. The molecule has 1 aliphatic heterocycles. The average Bonchev–Trinajstić information content (AvgIpc) is 3.24. The fraction of sp³-hybridized carbons (Fsp3) is 0.556. The van der Waals surface area contributed by atoms with E-state index in [0.717, 1.165) is 18.4 Å². The van der Waals surface area contributed by atoms with E-state index in [-0.39, 0.29) is 17.4 Å². The lowest BCUT2D eigenvalue weighted by Crippen LogP contribution is -2.49. The Bertz CT molecular complexity index is 819. The first-order valence-corrected chi connectivity index (χ1v) is 12.8. The minimum absolute atomic E-state index is 0.0472. The summed E-state index contributed by atoms with van der Waals surface area (Å²) in [5.74, 6) is 2.38. The zero-order chi connectivity index (χ0) is 26.3. The molecule has 34 heavy (non-hydrogen) atoms. The molecule has 1 fully saturated rings. The van der Waals surface area contributed by atoms with E-state index in [2.05, 4.69) is 43.5 Å². The second-order valence-corrected chi connectivity index (χ2v) is 10.2. The lowest BCUT2D eigenvalue weighted by Gasteiger charge is -2.29. The maximum atomic E-state index is 11.8. The number of benzene rings is 1. The largest absolute Gasteiger partial charge is 0.391 e. The number of allylic oxidation sites excluding steroid dienone is 1. The van der Waals surface area contributed by atoms with Crippen LogP contribution in [0.15, 0.2) is 29.8 Å². The van der Waals surface area contributed by atoms with Gasteiger partial charge in [-0.2, -0.15) is 0 Å². The molecule has 1 aliphatic rings. The lowest BCUT2D eigenvalue weighted by molar-refractivity contribution is -0.134. The Morgan fingerprint density at radius 1 is 1.35 bits per heavy atom. The molecule has 1 heterocycles. The van der Waals surface area contributed by atoms with Crippen LogP contribution in [0.2, 0.25) is 0 Å². The molecular weight excluding hydrogens is 446 g/mol. The lowest BCUT2D eigenvalue weighted by atomic mass is 9.86. The molecule has 0 aliphatic carbocycles. The fourth-order valence-electron chi connectivity index (χ4n) is 3.05. The van der Waals surface area contributed by atoms with Crippen LogP contribution in [0.5, 0.6) is 0 Å². The summed E-state index contributed by atoms with van der Waals surface area (Å²) in [5.41, 5.74) is 9.31. The molecule has 0 saturated carbocycles. The van der Waals surface area contributed by atoms with Crippen molar-refractivity contribution in [2.75, 3.05) is 19.3 Å². The van der Waals surface area contributed by atoms with E-state index in [1.54, 1.807) is 16.7 Å². The van der Waals surface area contributed by atoms with Gasteiger partial charge in [-0.3, -0.25) is 9.59 Å². The number of amides is 2. The third-order valence-corrected chi connectivity index (χ3v) is 6.19. The summed E-state index contributed by atoms with van der Waals surface area (Å²) in [6.07, 6.45) is 8.73. The van der Waals surface area contributed by atoms with E-state index in [4.69, 9.17) is 12.2 Å². The van der Waals surface area contributed by atoms with Gasteiger partial charge >= 0.3 is 0 Å². The number of nitrogens with zero attached hydrogens (tertiary/aromatic N) is 1. The third kappa shape index (κ3) is 11.7. The normalized spacial score (nSPS) is 15.5. The number of β-amino-alcohol motifs (C(OH)–C–C–N with tert-alkyl or cyclic N) is 1. The molecule has 1 saturated heterocycles. The Balaban J connectivity index is 0.000000557. The number of aliphatic hydroxyl groups is 1. The van der Waals surface area contributed by atoms with Gasteiger partial charge in [-0.25, -0.2) is 0 Å². The van der Waals surface area contributed by atoms with Crippen LogP contribution in [0, 0.1) is 17.8 Å². The molecule has 2 rings (SSSR count). The summed E-state index contributed by atoms with van der Waals surface area (Å²) in [6, 6.07) is 7.81. The maximum absolute atomic E-state index is 11.8. The van der Waals surface area contributed by atoms with Crippen molar-refractivity contribution < 1.29 is 14.7 Å². The highest BCUT2D eigenvalue weighted by Crippen LogP contribution is 2.28. The SMILES string of the molecule is C#CCC.CC(C)(C)C(N)C(=O)N1CCC(O)C1.CSC(=C(C)C)c1ccc(CNC=O)cc1. The van der Waals surface area contributed by atoms with E-state index in [1.165, 1.54) is 16.0 Å². The van der Waals surface area contributed by atoms with Gasteiger partial charge in [0.2, 0.25) is 12.3 Å². The number of carbonyl (C=O) groups excluding carboxylic acids is 2. The standard InChI is InChI=1S/C13H17NOS.C10H20N2O2.C4H6/c1-10(2)13(16-3)12-6-4-11(5-7-12)8-14-9-15;1-10(2,3)8(11)9(14)12-5-4-7(13)6-12;1-3-4-2/h4-7,9H,8H2,1-3H3,(H,14,15);7-8,13H,4-6,11H2,1-3H3;1H,4H2,2H3. The van der Waals surface area contributed by atoms with Gasteiger partial charge in [0.1, 0.15) is 0 Å². The summed E-state index contributed by atoms with van der Waals surface area (Å²) in [6.45, 7) is 13.7. The summed E-state index contributed by atoms with van der Waals surface area (Å²) < 4.78 is 0. The molecule has 1 aromatic carbocycles. The second-order valence-electron chi connectivity index (χ2n) is 9.36. The Morgan fingerprint density at radius 2 is 1.91 bits per heavy atom. The Labute approximate surface area is 210 Å². The minimum Gasteiger partial charge on any atom is -0.391 e. The smallest absolute Gasteiger partial charge is 0.240 e. The van der Waals surface area contributed by atoms with Crippen LogP contribution in [-0.4, -0.2) is 53.8 Å². The molecule has 1 aromatic rings. The van der Waals surface area contributed by atoms with E-state index < -0.39 is 6.04 Å². The molecule has 0 aromatic heterocycles. The number of carbonyl (C=O) groups is 2. The van der Waals surface area contributed by atoms with Gasteiger partial charge in [0.25, 0.3) is 0 Å². The maximum Gasteiger partial charge on any atom is 0.240 e. The Morgan fingerprint density at radius 3 is 2.26 bits per heavy atom. The number of nitrogens with two attached hydrogens (primary N) is 1. The molecule has 2 atom stereocenters. The van der Waals surface area contributed by atoms with E-state index in [0.29, 0.717) is 26.1 Å². The van der Waals surface area contributed by atoms with Crippen molar-refractivity contribution in [3.8, 4) is 12.3 Å². The number of thioether (sulfide) groups is 1. The van der Waals surface area contributed by atoms with Gasteiger partial charge in [-0.05, 0) is 43.1 Å². The van der Waals surface area contributed by atoms with E-state index in [9.17, 15) is 14.7 Å². The van der Waals surface area contributed by atoms with Crippen LogP contribution >= 0.6 is 11.8 Å². The average molecular weight is 490 g/mol. The van der Waals surface area contributed by atoms with Crippen LogP contribution < -0.4 is 11.1 Å². The molecule has 2 amide bonds. The molecular formula is C27H43N3O3S. The van der Waals surface area contributed by atoms with Gasteiger partial charge in [0, 0.05) is 31.0 Å². The number of hydrogen-bond acceptors (Lipinski definition) is 5. The monoisotopic (exact) mass is 489 g/mol. The predicted molar refractivity (Wildman–Crippen MR) is 145 cm³/mol. The Kier molecular flexibility index (Phi) is 15.3. The van der Waals surface area contributed by atoms with Crippen molar-refractivity contribution in [3.05, 3.63) is 41.0 Å². The van der Waals surface area contributed by atoms with Crippen LogP contribution in [0.25, 0.3) is 4.91 Å². The van der Waals surface area contributed by atoms with Crippen LogP contribution in [0.3, 0.4) is 0 Å². The molecule has 0 radical (unpaired) electrons. The first-order chi connectivity index (χ1) is 15.9. The molecule has 2 unspecified atom stereocenters. The van der Waals surface area contributed by atoms with Crippen molar-refractivity contribution in [2.45, 2.75) is 73.1 Å².